The first kappa shape index (κ1) is 68.2. The number of ether oxygens (including phenoxy) is 1. The van der Waals surface area contributed by atoms with Gasteiger partial charge in [0.15, 0.2) is 0 Å². The Hall–Kier alpha value is -1.77. The summed E-state index contributed by atoms with van der Waals surface area (Å²) in [5.41, 5.74) is 0. The van der Waals surface area contributed by atoms with E-state index in [0.29, 0.717) is 30.3 Å². The number of nitrogens with zero attached hydrogens (tertiary/aromatic N) is 1. The standard InChI is InChI=1S/C60H115N2O7P/c1-7-10-13-16-19-22-25-28-30-32-34-37-40-43-46-49-52-59(63)61-57(56-68-70(65,66)67-55-54-62(4,5)6)58(51-48-45-42-39-36-33-27-24-21-18-15-12-9-3)69-60(64)53-50-47-44-41-38-35-31-29-26-23-20-17-14-11-8-2/h30,32,34,37,48,51,57-58H,7-29,31,33,35-36,38-47,49-50,52-56H2,1-6H3,(H-,61,63,65,66)/p+1/b32-30+,37-34+,51-48+. The van der Waals surface area contributed by atoms with Gasteiger partial charge in [0.1, 0.15) is 19.3 Å². The molecule has 0 radical (unpaired) electrons. The number of esters is 1. The lowest BCUT2D eigenvalue weighted by Gasteiger charge is -2.27. The van der Waals surface area contributed by atoms with Gasteiger partial charge in [-0.15, -0.1) is 0 Å². The number of amides is 1. The fourth-order valence-electron chi connectivity index (χ4n) is 8.70. The van der Waals surface area contributed by atoms with Gasteiger partial charge in [0.05, 0.1) is 33.8 Å². The highest BCUT2D eigenvalue weighted by atomic mass is 31.2. The molecule has 412 valence electrons. The van der Waals surface area contributed by atoms with Gasteiger partial charge in [0.25, 0.3) is 0 Å². The van der Waals surface area contributed by atoms with Gasteiger partial charge < -0.3 is 19.4 Å². The van der Waals surface area contributed by atoms with Crippen LogP contribution in [0.3, 0.4) is 0 Å². The van der Waals surface area contributed by atoms with Crippen molar-refractivity contribution in [2.45, 2.75) is 296 Å². The Kier molecular flexibility index (Phi) is 49.5. The number of likely N-dealkylation sites (N-methyl/N-ethyl adjacent to an activating group) is 1. The zero-order valence-electron chi connectivity index (χ0n) is 47.0. The van der Waals surface area contributed by atoms with E-state index in [2.05, 4.69) is 50.4 Å². The normalized spacial score (nSPS) is 14.0. The van der Waals surface area contributed by atoms with Gasteiger partial charge in [0.2, 0.25) is 5.91 Å². The number of carbonyl (C=O) groups is 2. The number of nitrogens with one attached hydrogen (secondary N) is 1. The number of hydrogen-bond donors (Lipinski definition) is 2. The highest BCUT2D eigenvalue weighted by molar-refractivity contribution is 7.47. The summed E-state index contributed by atoms with van der Waals surface area (Å²) in [4.78, 5) is 37.6. The first-order valence-corrected chi connectivity index (χ1v) is 31.3. The van der Waals surface area contributed by atoms with Crippen LogP contribution in [0.25, 0.3) is 0 Å². The lowest BCUT2D eigenvalue weighted by atomic mass is 10.0. The summed E-state index contributed by atoms with van der Waals surface area (Å²) in [7, 11) is 1.49. The molecule has 10 heteroatoms. The summed E-state index contributed by atoms with van der Waals surface area (Å²) >= 11 is 0. The summed E-state index contributed by atoms with van der Waals surface area (Å²) in [5.74, 6) is -0.524. The highest BCUT2D eigenvalue weighted by Crippen LogP contribution is 2.43. The van der Waals surface area contributed by atoms with Gasteiger partial charge >= 0.3 is 13.8 Å². The van der Waals surface area contributed by atoms with Crippen molar-refractivity contribution >= 4 is 19.7 Å². The molecule has 0 saturated heterocycles. The molecule has 3 atom stereocenters. The molecule has 0 aromatic heterocycles. The number of phosphoric acid groups is 1. The quantitative estimate of drug-likeness (QED) is 0.0156. The molecule has 0 aliphatic carbocycles. The largest absolute Gasteiger partial charge is 0.472 e. The molecular formula is C60H116N2O7P+. The maximum absolute atomic E-state index is 13.5. The Labute approximate surface area is 434 Å². The summed E-state index contributed by atoms with van der Waals surface area (Å²) in [6.07, 6.45) is 59.9. The van der Waals surface area contributed by atoms with E-state index in [4.69, 9.17) is 13.8 Å². The highest BCUT2D eigenvalue weighted by Gasteiger charge is 2.30. The van der Waals surface area contributed by atoms with E-state index in [1.54, 1.807) is 0 Å². The molecule has 0 heterocycles. The van der Waals surface area contributed by atoms with Crippen LogP contribution in [0.4, 0.5) is 0 Å². The van der Waals surface area contributed by atoms with Crippen LogP contribution in [-0.4, -0.2) is 74.3 Å². The van der Waals surface area contributed by atoms with E-state index in [0.717, 1.165) is 64.2 Å². The number of carbonyl (C=O) groups excluding carboxylic acids is 2. The summed E-state index contributed by atoms with van der Waals surface area (Å²) in [5, 5.41) is 3.04. The Morgan fingerprint density at radius 2 is 0.857 bits per heavy atom. The molecule has 3 unspecified atom stereocenters. The van der Waals surface area contributed by atoms with Gasteiger partial charge in [-0.2, -0.15) is 0 Å². The SMILES string of the molecule is CCCCCCCCC/C=C/C=C/CCCCCC(=O)NC(COP(=O)(O)OCC[N+](C)(C)C)C(/C=C/CCCCCCCCCCCCC)OC(=O)CCCCCCCCCCCCCCCCC. The molecule has 0 aromatic carbocycles. The van der Waals surface area contributed by atoms with Gasteiger partial charge in [-0.3, -0.25) is 18.6 Å². The van der Waals surface area contributed by atoms with Crippen molar-refractivity contribution in [3.05, 3.63) is 36.5 Å². The third-order valence-corrected chi connectivity index (χ3v) is 14.3. The van der Waals surface area contributed by atoms with E-state index in [1.807, 2.05) is 33.3 Å². The van der Waals surface area contributed by atoms with Crippen LogP contribution < -0.4 is 5.32 Å². The fourth-order valence-corrected chi connectivity index (χ4v) is 9.43. The second kappa shape index (κ2) is 50.7. The molecule has 0 saturated carbocycles. The second-order valence-corrected chi connectivity index (χ2v) is 23.0. The minimum atomic E-state index is -4.45. The molecule has 0 aliphatic rings. The third-order valence-electron chi connectivity index (χ3n) is 13.4. The predicted molar refractivity (Wildman–Crippen MR) is 300 cm³/mol. The van der Waals surface area contributed by atoms with Crippen molar-refractivity contribution in [3.63, 3.8) is 0 Å². The Balaban J connectivity index is 5.37. The summed E-state index contributed by atoms with van der Waals surface area (Å²) in [6.45, 7) is 7.01. The molecular weight excluding hydrogens is 892 g/mol. The minimum absolute atomic E-state index is 0.0373. The molecule has 9 nitrogen and oxygen atoms in total. The van der Waals surface area contributed by atoms with Gasteiger partial charge in [-0.25, -0.2) is 4.57 Å². The molecule has 2 N–H and O–H groups in total. The average Bonchev–Trinajstić information content (AvgIpc) is 3.32. The molecule has 0 spiro atoms. The average molecular weight is 1010 g/mol. The molecule has 0 aromatic rings. The van der Waals surface area contributed by atoms with Crippen LogP contribution in [0, 0.1) is 0 Å². The predicted octanol–water partition coefficient (Wildman–Crippen LogP) is 17.9. The Morgan fingerprint density at radius 1 is 0.500 bits per heavy atom. The van der Waals surface area contributed by atoms with Crippen LogP contribution in [-0.2, 0) is 27.9 Å². The molecule has 70 heavy (non-hydrogen) atoms. The molecule has 1 amide bonds. The smallest absolute Gasteiger partial charge is 0.456 e. The first-order chi connectivity index (χ1) is 33.9. The fraction of sp³-hybridized carbons (Fsp3) is 0.867. The van der Waals surface area contributed by atoms with E-state index in [9.17, 15) is 19.0 Å². The van der Waals surface area contributed by atoms with Crippen LogP contribution in [0.1, 0.15) is 284 Å². The van der Waals surface area contributed by atoms with Gasteiger partial charge in [0, 0.05) is 12.8 Å². The van der Waals surface area contributed by atoms with E-state index >= 15 is 0 Å². The Bertz CT molecular complexity index is 1300. The lowest BCUT2D eigenvalue weighted by Crippen LogP contribution is -2.47. The maximum Gasteiger partial charge on any atom is 0.472 e. The molecule has 0 fully saturated rings. The summed E-state index contributed by atoms with van der Waals surface area (Å²) < 4.78 is 30.6. The first-order valence-electron chi connectivity index (χ1n) is 29.8. The second-order valence-electron chi connectivity index (χ2n) is 21.6. The summed E-state index contributed by atoms with van der Waals surface area (Å²) in [6, 6.07) is -0.857. The van der Waals surface area contributed by atoms with Crippen LogP contribution in [0.2, 0.25) is 0 Å². The Morgan fingerprint density at radius 3 is 1.27 bits per heavy atom. The van der Waals surface area contributed by atoms with Gasteiger partial charge in [-0.05, 0) is 57.4 Å². The number of quaternary nitrogens is 1. The van der Waals surface area contributed by atoms with E-state index in [-0.39, 0.29) is 25.1 Å². The topological polar surface area (TPSA) is 111 Å². The minimum Gasteiger partial charge on any atom is -0.456 e. The maximum atomic E-state index is 13.5. The van der Waals surface area contributed by atoms with Crippen molar-refractivity contribution in [3.8, 4) is 0 Å². The zero-order chi connectivity index (χ0) is 51.5. The molecule has 0 bridgehead atoms. The van der Waals surface area contributed by atoms with Crippen molar-refractivity contribution < 1.29 is 37.3 Å². The third kappa shape index (κ3) is 51.1. The number of rotatable bonds is 54. The van der Waals surface area contributed by atoms with Crippen LogP contribution in [0.15, 0.2) is 36.5 Å². The van der Waals surface area contributed by atoms with E-state index in [1.165, 1.54) is 180 Å². The molecule has 0 rings (SSSR count). The van der Waals surface area contributed by atoms with E-state index < -0.39 is 20.0 Å². The van der Waals surface area contributed by atoms with Crippen molar-refractivity contribution in [2.75, 3.05) is 40.9 Å². The molecule has 0 aliphatic heterocycles. The zero-order valence-corrected chi connectivity index (χ0v) is 47.9. The van der Waals surface area contributed by atoms with Crippen molar-refractivity contribution in [1.29, 1.82) is 0 Å². The number of unbranched alkanes of at least 4 members (excludes halogenated alkanes) is 35. The van der Waals surface area contributed by atoms with Crippen LogP contribution in [0.5, 0.6) is 0 Å². The number of phosphoric ester groups is 1. The van der Waals surface area contributed by atoms with Crippen molar-refractivity contribution in [2.24, 2.45) is 0 Å². The lowest BCUT2D eigenvalue weighted by molar-refractivity contribution is -0.870. The van der Waals surface area contributed by atoms with Crippen molar-refractivity contribution in [1.82, 2.24) is 5.32 Å². The van der Waals surface area contributed by atoms with Crippen LogP contribution >= 0.6 is 7.82 Å². The number of hydrogen-bond acceptors (Lipinski definition) is 6. The van der Waals surface area contributed by atoms with Gasteiger partial charge in [-0.1, -0.05) is 250 Å². The number of allylic oxidation sites excluding steroid dienone is 5. The monoisotopic (exact) mass is 1010 g/mol.